The van der Waals surface area contributed by atoms with Crippen molar-refractivity contribution in [2.45, 2.75) is 57.5 Å². The lowest BCUT2D eigenvalue weighted by atomic mass is 9.92. The number of carbonyl (C=O) groups is 2. The van der Waals surface area contributed by atoms with Crippen LogP contribution in [0.2, 0.25) is 0 Å². The van der Waals surface area contributed by atoms with E-state index in [4.69, 9.17) is 9.47 Å². The van der Waals surface area contributed by atoms with E-state index in [0.29, 0.717) is 18.0 Å². The lowest BCUT2D eigenvalue weighted by Gasteiger charge is -2.20. The predicted molar refractivity (Wildman–Crippen MR) is 152 cm³/mol. The van der Waals surface area contributed by atoms with Gasteiger partial charge in [-0.25, -0.2) is 13.2 Å². The average molecular weight is 596 g/mol. The van der Waals surface area contributed by atoms with Crippen LogP contribution < -0.4 is 25.2 Å². The van der Waals surface area contributed by atoms with Crippen molar-refractivity contribution >= 4 is 17.5 Å². The molecule has 3 aromatic rings. The summed E-state index contributed by atoms with van der Waals surface area (Å²) in [5, 5.41) is 2.64. The van der Waals surface area contributed by atoms with Crippen LogP contribution in [0.3, 0.4) is 0 Å². The lowest BCUT2D eigenvalue weighted by molar-refractivity contribution is -0.118. The SMILES string of the molecule is COc1cc(F)c([C@@H]2CN(c3c(C)ccn(CC4CC4)c3=O)C(=O)[C@H]2NC(=O)c2ccc(OC(F)C3CC3)cc2)c(F)c1. The van der Waals surface area contributed by atoms with E-state index in [-0.39, 0.29) is 40.8 Å². The van der Waals surface area contributed by atoms with Gasteiger partial charge in [-0.1, -0.05) is 0 Å². The molecule has 2 heterocycles. The van der Waals surface area contributed by atoms with Crippen LogP contribution >= 0.6 is 0 Å². The number of alkyl halides is 1. The second-order valence-corrected chi connectivity index (χ2v) is 11.6. The van der Waals surface area contributed by atoms with Crippen LogP contribution in [0.4, 0.5) is 18.9 Å². The fourth-order valence-electron chi connectivity index (χ4n) is 5.58. The van der Waals surface area contributed by atoms with Gasteiger partial charge in [0.05, 0.1) is 7.11 Å². The van der Waals surface area contributed by atoms with E-state index < -0.39 is 47.3 Å². The van der Waals surface area contributed by atoms with E-state index in [1.165, 1.54) is 36.3 Å². The van der Waals surface area contributed by atoms with Gasteiger partial charge in [0, 0.05) is 54.4 Å². The number of halogens is 3. The summed E-state index contributed by atoms with van der Waals surface area (Å²) in [6.07, 6.45) is 3.83. The fraction of sp³-hybridized carbons (Fsp3) is 0.406. The summed E-state index contributed by atoms with van der Waals surface area (Å²) >= 11 is 0. The molecule has 3 atom stereocenters. The van der Waals surface area contributed by atoms with Gasteiger partial charge in [0.15, 0.2) is 0 Å². The van der Waals surface area contributed by atoms with Crippen molar-refractivity contribution in [1.29, 1.82) is 0 Å². The summed E-state index contributed by atoms with van der Waals surface area (Å²) in [6.45, 7) is 1.97. The molecular weight excluding hydrogens is 563 g/mol. The molecule has 226 valence electrons. The molecule has 2 aromatic carbocycles. The van der Waals surface area contributed by atoms with Gasteiger partial charge < -0.3 is 24.3 Å². The van der Waals surface area contributed by atoms with Crippen LogP contribution in [0.25, 0.3) is 0 Å². The average Bonchev–Trinajstić information content (AvgIpc) is 3.91. The standard InChI is InChI=1S/C32H32F3N3O5/c1-17-11-12-37(15-18-3-4-18)32(41)28(17)38-16-23(26-24(33)13-22(42-2)14-25(26)34)27(31(38)40)36-30(39)20-7-9-21(10-8-20)43-29(35)19-5-6-19/h7-14,18-19,23,27,29H,3-6,15-16H2,1-2H3,(H,36,39)/t23-,27-,29?/m0/s1. The highest BCUT2D eigenvalue weighted by Crippen LogP contribution is 2.38. The number of rotatable bonds is 10. The number of carbonyl (C=O) groups excluding carboxylic acids is 2. The summed E-state index contributed by atoms with van der Waals surface area (Å²) < 4.78 is 56.6. The molecule has 1 unspecified atom stereocenters. The smallest absolute Gasteiger partial charge is 0.274 e. The fourth-order valence-corrected chi connectivity index (χ4v) is 5.58. The van der Waals surface area contributed by atoms with E-state index in [9.17, 15) is 18.8 Å². The minimum Gasteiger partial charge on any atom is -0.497 e. The van der Waals surface area contributed by atoms with Crippen molar-refractivity contribution in [1.82, 2.24) is 9.88 Å². The molecular formula is C32H32F3N3O5. The number of amides is 2. The lowest BCUT2D eigenvalue weighted by Crippen LogP contribution is -2.45. The molecule has 2 amide bonds. The molecule has 1 N–H and O–H groups in total. The predicted octanol–water partition coefficient (Wildman–Crippen LogP) is 4.87. The van der Waals surface area contributed by atoms with Crippen molar-refractivity contribution in [2.75, 3.05) is 18.6 Å². The Bertz CT molecular complexity index is 1590. The number of benzene rings is 2. The maximum Gasteiger partial charge on any atom is 0.274 e. The monoisotopic (exact) mass is 595 g/mol. The molecule has 43 heavy (non-hydrogen) atoms. The van der Waals surface area contributed by atoms with Crippen molar-refractivity contribution in [2.24, 2.45) is 11.8 Å². The van der Waals surface area contributed by atoms with E-state index in [1.807, 2.05) is 0 Å². The van der Waals surface area contributed by atoms with Crippen molar-refractivity contribution < 1.29 is 32.2 Å². The zero-order valence-corrected chi connectivity index (χ0v) is 23.8. The third-order valence-corrected chi connectivity index (χ3v) is 8.38. The van der Waals surface area contributed by atoms with Gasteiger partial charge in [0.25, 0.3) is 11.5 Å². The Hall–Kier alpha value is -4.28. The number of ether oxygens (including phenoxy) is 2. The van der Waals surface area contributed by atoms with Gasteiger partial charge >= 0.3 is 0 Å². The summed E-state index contributed by atoms with van der Waals surface area (Å²) in [6, 6.07) is 8.11. The Labute approximate surface area is 246 Å². The van der Waals surface area contributed by atoms with Gasteiger partial charge in [-0.15, -0.1) is 0 Å². The summed E-state index contributed by atoms with van der Waals surface area (Å²) in [5.41, 5.74) is 0.000659. The second-order valence-electron chi connectivity index (χ2n) is 11.6. The molecule has 6 rings (SSSR count). The highest BCUT2D eigenvalue weighted by Gasteiger charge is 2.46. The largest absolute Gasteiger partial charge is 0.497 e. The zero-order valence-electron chi connectivity index (χ0n) is 23.8. The summed E-state index contributed by atoms with van der Waals surface area (Å²) in [4.78, 5) is 42.0. The normalized spacial score (nSPS) is 20.7. The van der Waals surface area contributed by atoms with E-state index >= 15 is 8.78 Å². The van der Waals surface area contributed by atoms with Crippen LogP contribution in [0, 0.1) is 30.4 Å². The maximum absolute atomic E-state index is 15.4. The van der Waals surface area contributed by atoms with Gasteiger partial charge in [-0.05, 0) is 74.4 Å². The minimum absolute atomic E-state index is 0.0399. The Morgan fingerprint density at radius 3 is 2.30 bits per heavy atom. The Morgan fingerprint density at radius 2 is 1.70 bits per heavy atom. The molecule has 3 aliphatic rings. The number of hydrogen-bond acceptors (Lipinski definition) is 5. The van der Waals surface area contributed by atoms with Crippen LogP contribution in [-0.4, -0.2) is 42.4 Å². The van der Waals surface area contributed by atoms with Crippen LogP contribution in [-0.2, 0) is 11.3 Å². The third-order valence-electron chi connectivity index (χ3n) is 8.38. The molecule has 1 saturated heterocycles. The molecule has 2 aliphatic carbocycles. The molecule has 1 aromatic heterocycles. The first-order valence-corrected chi connectivity index (χ1v) is 14.4. The zero-order chi connectivity index (χ0) is 30.4. The molecule has 8 nitrogen and oxygen atoms in total. The molecule has 0 bridgehead atoms. The number of aromatic nitrogens is 1. The van der Waals surface area contributed by atoms with Gasteiger partial charge in [0.2, 0.25) is 12.3 Å². The third kappa shape index (κ3) is 5.85. The van der Waals surface area contributed by atoms with Crippen LogP contribution in [0.1, 0.15) is 53.1 Å². The second kappa shape index (κ2) is 11.4. The first-order valence-electron chi connectivity index (χ1n) is 14.4. The maximum atomic E-state index is 15.4. The Kier molecular flexibility index (Phi) is 7.66. The van der Waals surface area contributed by atoms with Crippen molar-refractivity contribution in [3.63, 3.8) is 0 Å². The first-order chi connectivity index (χ1) is 20.6. The van der Waals surface area contributed by atoms with Gasteiger partial charge in [0.1, 0.15) is 34.9 Å². The number of methoxy groups -OCH3 is 1. The number of nitrogens with one attached hydrogen (secondary N) is 1. The Morgan fingerprint density at radius 1 is 1.02 bits per heavy atom. The van der Waals surface area contributed by atoms with Crippen LogP contribution in [0.15, 0.2) is 53.5 Å². The highest BCUT2D eigenvalue weighted by atomic mass is 19.1. The minimum atomic E-state index is -1.42. The molecule has 1 aliphatic heterocycles. The molecule has 2 saturated carbocycles. The summed E-state index contributed by atoms with van der Waals surface area (Å²) in [5.74, 6) is -3.90. The highest BCUT2D eigenvalue weighted by molar-refractivity contribution is 6.05. The van der Waals surface area contributed by atoms with Gasteiger partial charge in [-0.3, -0.25) is 14.4 Å². The number of aryl methyl sites for hydroxylation is 1. The van der Waals surface area contributed by atoms with Crippen molar-refractivity contribution in [3.8, 4) is 11.5 Å². The quantitative estimate of drug-likeness (QED) is 0.362. The van der Waals surface area contributed by atoms with E-state index in [0.717, 1.165) is 37.8 Å². The molecule has 0 spiro atoms. The van der Waals surface area contributed by atoms with Crippen LogP contribution in [0.5, 0.6) is 11.5 Å². The number of anilines is 1. The van der Waals surface area contributed by atoms with E-state index in [1.54, 1.807) is 23.8 Å². The van der Waals surface area contributed by atoms with E-state index in [2.05, 4.69) is 5.32 Å². The topological polar surface area (TPSA) is 89.9 Å². The van der Waals surface area contributed by atoms with Gasteiger partial charge in [-0.2, -0.15) is 0 Å². The molecule has 3 fully saturated rings. The molecule has 0 radical (unpaired) electrons. The molecule has 11 heteroatoms. The number of nitrogens with zero attached hydrogens (tertiary/aromatic N) is 2. The van der Waals surface area contributed by atoms with Crippen molar-refractivity contribution in [3.05, 3.63) is 87.3 Å². The summed E-state index contributed by atoms with van der Waals surface area (Å²) in [7, 11) is 1.28. The Balaban J connectivity index is 1.32. The first kappa shape index (κ1) is 28.8. The number of pyridine rings is 1. The number of hydrogen-bond donors (Lipinski definition) is 1.